The first kappa shape index (κ1) is 15.8. The van der Waals surface area contributed by atoms with Gasteiger partial charge in [-0.3, -0.25) is 4.40 Å². The van der Waals surface area contributed by atoms with Crippen LogP contribution in [0.3, 0.4) is 0 Å². The van der Waals surface area contributed by atoms with Crippen molar-refractivity contribution >= 4 is 22.5 Å². The summed E-state index contributed by atoms with van der Waals surface area (Å²) in [6.45, 7) is 0. The maximum Gasteiger partial charge on any atom is 0.158 e. The van der Waals surface area contributed by atoms with Gasteiger partial charge in [-0.15, -0.1) is 0 Å². The monoisotopic (exact) mass is 358 g/mol. The van der Waals surface area contributed by atoms with E-state index >= 15 is 0 Å². The highest BCUT2D eigenvalue weighted by Crippen LogP contribution is 2.37. The number of nitriles is 1. The Morgan fingerprint density at radius 3 is 2.85 bits per heavy atom. The average Bonchev–Trinajstić information content (AvgIpc) is 3.44. The molecule has 4 aromatic heterocycles. The maximum absolute atomic E-state index is 8.88. The summed E-state index contributed by atoms with van der Waals surface area (Å²) in [4.78, 5) is 23.0. The van der Waals surface area contributed by atoms with Crippen LogP contribution in [0.4, 0.5) is 5.82 Å². The van der Waals surface area contributed by atoms with Gasteiger partial charge in [0.2, 0.25) is 0 Å². The number of aromatic amines is 1. The molecule has 8 heteroatoms. The van der Waals surface area contributed by atoms with Gasteiger partial charge in [0.15, 0.2) is 11.3 Å². The first-order valence-corrected chi connectivity index (χ1v) is 8.99. The number of nitrogens with zero attached hydrogens (tertiary/aromatic N) is 7. The predicted octanol–water partition coefficient (Wildman–Crippen LogP) is 2.64. The normalized spacial score (nSPS) is 19.6. The van der Waals surface area contributed by atoms with Crippen molar-refractivity contribution < 1.29 is 0 Å². The molecule has 0 amide bonds. The highest BCUT2D eigenvalue weighted by Gasteiger charge is 2.32. The second-order valence-corrected chi connectivity index (χ2v) is 6.99. The zero-order valence-electron chi connectivity index (χ0n) is 14.9. The van der Waals surface area contributed by atoms with E-state index in [9.17, 15) is 0 Å². The second kappa shape index (κ2) is 6.06. The number of imidazole rings is 1. The fourth-order valence-corrected chi connectivity index (χ4v) is 4.08. The van der Waals surface area contributed by atoms with Gasteiger partial charge < -0.3 is 9.88 Å². The van der Waals surface area contributed by atoms with Gasteiger partial charge in [-0.2, -0.15) is 5.26 Å². The van der Waals surface area contributed by atoms with E-state index in [1.54, 1.807) is 6.20 Å². The van der Waals surface area contributed by atoms with E-state index in [0.717, 1.165) is 47.6 Å². The van der Waals surface area contributed by atoms with Crippen LogP contribution in [0, 0.1) is 11.3 Å². The average molecular weight is 358 g/mol. The van der Waals surface area contributed by atoms with Crippen LogP contribution in [0.5, 0.6) is 0 Å². The number of hydrogen-bond donors (Lipinski definition) is 1. The van der Waals surface area contributed by atoms with Crippen LogP contribution >= 0.6 is 0 Å². The summed E-state index contributed by atoms with van der Waals surface area (Å²) in [5.41, 5.74) is 3.30. The van der Waals surface area contributed by atoms with Gasteiger partial charge in [0, 0.05) is 25.2 Å². The van der Waals surface area contributed by atoms with Crippen molar-refractivity contribution in [2.45, 2.75) is 31.2 Å². The highest BCUT2D eigenvalue weighted by molar-refractivity contribution is 5.75. The molecule has 1 saturated carbocycles. The fraction of sp³-hybridized carbons (Fsp3) is 0.316. The third kappa shape index (κ3) is 2.51. The topological polar surface area (TPSA) is 98.8 Å². The third-order valence-electron chi connectivity index (χ3n) is 5.52. The zero-order valence-corrected chi connectivity index (χ0v) is 14.9. The molecule has 1 aliphatic carbocycles. The molecule has 0 aromatic carbocycles. The molecule has 1 N–H and O–H groups in total. The molecule has 4 aromatic rings. The number of H-pyrrole nitrogens is 1. The van der Waals surface area contributed by atoms with Gasteiger partial charge in [-0.05, 0) is 25.3 Å². The Morgan fingerprint density at radius 1 is 1.15 bits per heavy atom. The Bertz CT molecular complexity index is 1150. The van der Waals surface area contributed by atoms with Crippen LogP contribution in [0.15, 0.2) is 37.1 Å². The van der Waals surface area contributed by atoms with Gasteiger partial charge >= 0.3 is 0 Å². The molecule has 8 nitrogen and oxygen atoms in total. The van der Waals surface area contributed by atoms with Crippen molar-refractivity contribution in [3.63, 3.8) is 0 Å². The van der Waals surface area contributed by atoms with E-state index in [1.807, 2.05) is 37.8 Å². The van der Waals surface area contributed by atoms with Crippen LogP contribution in [-0.4, -0.2) is 42.4 Å². The van der Waals surface area contributed by atoms with Crippen LogP contribution < -0.4 is 4.90 Å². The van der Waals surface area contributed by atoms with Crippen molar-refractivity contribution in [2.75, 3.05) is 11.9 Å². The number of hydrogen-bond acceptors (Lipinski definition) is 6. The van der Waals surface area contributed by atoms with Gasteiger partial charge in [0.05, 0.1) is 35.8 Å². The lowest BCUT2D eigenvalue weighted by atomic mass is 10.1. The lowest BCUT2D eigenvalue weighted by Gasteiger charge is -2.25. The molecule has 0 aliphatic heterocycles. The van der Waals surface area contributed by atoms with Gasteiger partial charge in [-0.25, -0.2) is 19.9 Å². The summed E-state index contributed by atoms with van der Waals surface area (Å²) >= 11 is 0. The molecule has 1 aliphatic rings. The molecule has 4 heterocycles. The largest absolute Gasteiger partial charge is 0.355 e. The number of fused-ring (bicyclic) bond motifs is 3. The second-order valence-electron chi connectivity index (χ2n) is 6.99. The van der Waals surface area contributed by atoms with E-state index < -0.39 is 0 Å². The Labute approximate surface area is 155 Å². The minimum absolute atomic E-state index is 0.337. The summed E-state index contributed by atoms with van der Waals surface area (Å²) in [6, 6.07) is 4.42. The molecule has 134 valence electrons. The SMILES string of the molecule is CN(c1cnc(C#N)cn1)[C@H]1CC[C@H](c2ncc3cnc4[nH]ccc4n23)C1. The van der Waals surface area contributed by atoms with Crippen LogP contribution in [0.2, 0.25) is 0 Å². The molecule has 0 radical (unpaired) electrons. The first-order valence-electron chi connectivity index (χ1n) is 8.99. The Kier molecular flexibility index (Phi) is 3.53. The fourth-order valence-electron chi connectivity index (χ4n) is 4.08. The summed E-state index contributed by atoms with van der Waals surface area (Å²) in [7, 11) is 2.04. The van der Waals surface area contributed by atoms with Gasteiger partial charge in [0.1, 0.15) is 17.7 Å². The smallest absolute Gasteiger partial charge is 0.158 e. The van der Waals surface area contributed by atoms with E-state index in [0.29, 0.717) is 17.7 Å². The molecule has 0 unspecified atom stereocenters. The first-order chi connectivity index (χ1) is 13.2. The lowest BCUT2D eigenvalue weighted by Crippen LogP contribution is -2.30. The highest BCUT2D eigenvalue weighted by atomic mass is 15.2. The molecule has 0 spiro atoms. The maximum atomic E-state index is 8.88. The molecular weight excluding hydrogens is 340 g/mol. The van der Waals surface area contributed by atoms with Gasteiger partial charge in [-0.1, -0.05) is 0 Å². The molecule has 5 rings (SSSR count). The van der Waals surface area contributed by atoms with E-state index in [4.69, 9.17) is 10.2 Å². The molecule has 2 atom stereocenters. The number of aromatic nitrogens is 6. The third-order valence-corrected chi connectivity index (χ3v) is 5.52. The molecule has 27 heavy (non-hydrogen) atoms. The number of rotatable bonds is 3. The predicted molar refractivity (Wildman–Crippen MR) is 100 cm³/mol. The minimum atomic E-state index is 0.337. The quantitative estimate of drug-likeness (QED) is 0.604. The minimum Gasteiger partial charge on any atom is -0.355 e. The van der Waals surface area contributed by atoms with Crippen molar-refractivity contribution in [2.24, 2.45) is 0 Å². The summed E-state index contributed by atoms with van der Waals surface area (Å²) in [5, 5.41) is 8.88. The summed E-state index contributed by atoms with van der Waals surface area (Å²) in [6.07, 6.45) is 12.0. The summed E-state index contributed by atoms with van der Waals surface area (Å²) < 4.78 is 2.22. The molecule has 0 saturated heterocycles. The molecule has 1 fully saturated rings. The van der Waals surface area contributed by atoms with Crippen molar-refractivity contribution in [1.29, 1.82) is 5.26 Å². The summed E-state index contributed by atoms with van der Waals surface area (Å²) in [5.74, 6) is 2.27. The van der Waals surface area contributed by atoms with Crippen LogP contribution in [0.1, 0.15) is 36.7 Å². The Hall–Kier alpha value is -3.47. The van der Waals surface area contributed by atoms with Crippen LogP contribution in [-0.2, 0) is 0 Å². The zero-order chi connectivity index (χ0) is 18.4. The molecular formula is C19H18N8. The molecule has 0 bridgehead atoms. The van der Waals surface area contributed by atoms with E-state index in [1.165, 1.54) is 6.20 Å². The van der Waals surface area contributed by atoms with E-state index in [-0.39, 0.29) is 0 Å². The lowest BCUT2D eigenvalue weighted by molar-refractivity contribution is 0.615. The number of nitrogens with one attached hydrogen (secondary N) is 1. The Morgan fingerprint density at radius 2 is 2.04 bits per heavy atom. The van der Waals surface area contributed by atoms with Crippen molar-refractivity contribution in [1.82, 2.24) is 29.3 Å². The van der Waals surface area contributed by atoms with E-state index in [2.05, 4.69) is 29.2 Å². The Balaban J connectivity index is 1.43. The van der Waals surface area contributed by atoms with Crippen LogP contribution in [0.25, 0.3) is 16.7 Å². The standard InChI is InChI=1S/C19H18N8/c1-26(17-11-22-13(7-20)8-23-17)14-3-2-12(6-14)19-25-10-15-9-24-18-16(27(15)19)4-5-21-18/h4-5,8-12,14,21H,2-3,6H2,1H3/t12-,14-/m0/s1. The van der Waals surface area contributed by atoms with Crippen molar-refractivity contribution in [3.05, 3.63) is 48.6 Å². The van der Waals surface area contributed by atoms with Gasteiger partial charge in [0.25, 0.3) is 0 Å². The number of anilines is 1. The van der Waals surface area contributed by atoms with Crippen molar-refractivity contribution in [3.8, 4) is 6.07 Å².